The zero-order valence-corrected chi connectivity index (χ0v) is 15.4. The van der Waals surface area contributed by atoms with Crippen molar-refractivity contribution in [2.24, 2.45) is 11.8 Å². The van der Waals surface area contributed by atoms with Crippen LogP contribution in [-0.2, 0) is 9.53 Å². The van der Waals surface area contributed by atoms with Crippen LogP contribution in [0.25, 0.3) is 0 Å². The highest BCUT2D eigenvalue weighted by Crippen LogP contribution is 2.36. The molecule has 1 heterocycles. The SMILES string of the molecule is O=C1CCC/C=C\C[C@H]2C(O)CC(O)C2/C=C\[C@H](COc2ccccc2)O1. The number of esters is 1. The summed E-state index contributed by atoms with van der Waals surface area (Å²) < 4.78 is 11.3. The van der Waals surface area contributed by atoms with Crippen molar-refractivity contribution in [1.82, 2.24) is 0 Å². The van der Waals surface area contributed by atoms with Crippen LogP contribution in [0, 0.1) is 11.8 Å². The minimum absolute atomic E-state index is 0.0281. The number of rotatable bonds is 3. The first kappa shape index (κ1) is 19.6. The summed E-state index contributed by atoms with van der Waals surface area (Å²) >= 11 is 0. The molecule has 0 spiro atoms. The third-order valence-electron chi connectivity index (χ3n) is 5.23. The summed E-state index contributed by atoms with van der Waals surface area (Å²) in [6.45, 7) is 0.209. The Labute approximate surface area is 160 Å². The molecule has 146 valence electrons. The molecule has 0 radical (unpaired) electrons. The molecule has 1 aromatic rings. The van der Waals surface area contributed by atoms with Crippen LogP contribution in [0.1, 0.15) is 32.1 Å². The number of ether oxygens (including phenoxy) is 2. The molecule has 0 bridgehead atoms. The van der Waals surface area contributed by atoms with Crippen molar-refractivity contribution in [1.29, 1.82) is 0 Å². The quantitative estimate of drug-likeness (QED) is 0.630. The van der Waals surface area contributed by atoms with Gasteiger partial charge in [0.05, 0.1) is 12.2 Å². The van der Waals surface area contributed by atoms with Crippen LogP contribution in [0.4, 0.5) is 0 Å². The second kappa shape index (κ2) is 9.72. The highest BCUT2D eigenvalue weighted by atomic mass is 16.6. The van der Waals surface area contributed by atoms with Gasteiger partial charge in [-0.15, -0.1) is 0 Å². The fourth-order valence-electron chi connectivity index (χ4n) is 3.75. The van der Waals surface area contributed by atoms with Gasteiger partial charge in [0.2, 0.25) is 0 Å². The lowest BCUT2D eigenvalue weighted by atomic mass is 9.89. The molecule has 5 nitrogen and oxygen atoms in total. The molecule has 0 aromatic heterocycles. The van der Waals surface area contributed by atoms with E-state index in [1.165, 1.54) is 0 Å². The van der Waals surface area contributed by atoms with Gasteiger partial charge in [-0.25, -0.2) is 0 Å². The molecule has 1 aromatic carbocycles. The standard InChI is InChI=1S/C22H28O5/c23-20-14-21(24)19-13-12-17(15-26-16-8-4-3-5-9-16)27-22(25)11-7-2-1-6-10-18(19)20/h1,3-6,8-9,12-13,17-21,23-24H,2,7,10-11,14-15H2/b6-1-,13-12-/t17-,18-,19?,20?,21?/m1/s1. The molecule has 0 saturated heterocycles. The maximum absolute atomic E-state index is 12.1. The number of benzene rings is 1. The third-order valence-corrected chi connectivity index (χ3v) is 5.23. The van der Waals surface area contributed by atoms with E-state index in [0.717, 1.165) is 12.8 Å². The zero-order chi connectivity index (χ0) is 19.1. The number of aliphatic hydroxyl groups excluding tert-OH is 2. The van der Waals surface area contributed by atoms with Gasteiger partial charge in [-0.1, -0.05) is 36.4 Å². The zero-order valence-electron chi connectivity index (χ0n) is 15.4. The molecule has 1 aliphatic carbocycles. The number of carbonyl (C=O) groups is 1. The monoisotopic (exact) mass is 372 g/mol. The van der Waals surface area contributed by atoms with Gasteiger partial charge in [0.15, 0.2) is 6.10 Å². The number of carbonyl (C=O) groups excluding carboxylic acids is 1. The Balaban J connectivity index is 1.73. The predicted molar refractivity (Wildman–Crippen MR) is 102 cm³/mol. The minimum atomic E-state index is -0.592. The predicted octanol–water partition coefficient (Wildman–Crippen LogP) is 3.02. The second-order valence-electron chi connectivity index (χ2n) is 7.25. The van der Waals surface area contributed by atoms with Crippen LogP contribution < -0.4 is 4.74 Å². The van der Waals surface area contributed by atoms with Gasteiger partial charge >= 0.3 is 5.97 Å². The first-order chi connectivity index (χ1) is 13.1. The van der Waals surface area contributed by atoms with Crippen LogP contribution in [0.5, 0.6) is 5.75 Å². The summed E-state index contributed by atoms with van der Waals surface area (Å²) in [5, 5.41) is 20.6. The lowest BCUT2D eigenvalue weighted by Crippen LogP contribution is -2.25. The topological polar surface area (TPSA) is 76.0 Å². The van der Waals surface area contributed by atoms with Gasteiger partial charge in [0.25, 0.3) is 0 Å². The van der Waals surface area contributed by atoms with Crippen molar-refractivity contribution in [3.8, 4) is 5.75 Å². The van der Waals surface area contributed by atoms with E-state index in [1.54, 1.807) is 6.08 Å². The number of fused-ring (bicyclic) bond motifs is 1. The number of para-hydroxylation sites is 1. The van der Waals surface area contributed by atoms with E-state index >= 15 is 0 Å². The molecule has 5 atom stereocenters. The molecule has 3 rings (SSSR count). The highest BCUT2D eigenvalue weighted by Gasteiger charge is 2.39. The molecule has 3 unspecified atom stereocenters. The summed E-state index contributed by atoms with van der Waals surface area (Å²) in [5.41, 5.74) is 0. The number of allylic oxidation sites excluding steroid dienone is 2. The highest BCUT2D eigenvalue weighted by molar-refractivity contribution is 5.69. The summed E-state index contributed by atoms with van der Waals surface area (Å²) in [6, 6.07) is 9.38. The summed E-state index contributed by atoms with van der Waals surface area (Å²) in [4.78, 5) is 12.1. The van der Waals surface area contributed by atoms with Gasteiger partial charge in [-0.2, -0.15) is 0 Å². The summed E-state index contributed by atoms with van der Waals surface area (Å²) in [5.74, 6) is 0.267. The van der Waals surface area contributed by atoms with E-state index in [0.29, 0.717) is 25.0 Å². The largest absolute Gasteiger partial charge is 0.489 e. The van der Waals surface area contributed by atoms with Gasteiger partial charge in [-0.3, -0.25) is 4.79 Å². The summed E-state index contributed by atoms with van der Waals surface area (Å²) in [6.07, 6.45) is 9.09. The molecule has 5 heteroatoms. The molecule has 1 saturated carbocycles. The molecule has 1 fully saturated rings. The van der Waals surface area contributed by atoms with Crippen LogP contribution in [0.15, 0.2) is 54.6 Å². The molecular weight excluding hydrogens is 344 g/mol. The molecule has 0 amide bonds. The van der Waals surface area contributed by atoms with Gasteiger partial charge in [-0.05, 0) is 43.4 Å². The Hall–Kier alpha value is -2.11. The van der Waals surface area contributed by atoms with Crippen molar-refractivity contribution in [2.75, 3.05) is 6.61 Å². The first-order valence-electron chi connectivity index (χ1n) is 9.70. The number of aliphatic hydroxyl groups is 2. The number of hydrogen-bond donors (Lipinski definition) is 2. The number of hydrogen-bond acceptors (Lipinski definition) is 5. The van der Waals surface area contributed by atoms with E-state index in [4.69, 9.17) is 9.47 Å². The second-order valence-corrected chi connectivity index (χ2v) is 7.25. The third kappa shape index (κ3) is 5.68. The molecule has 27 heavy (non-hydrogen) atoms. The fourth-order valence-corrected chi connectivity index (χ4v) is 3.75. The Kier molecular flexibility index (Phi) is 7.07. The van der Waals surface area contributed by atoms with Crippen molar-refractivity contribution in [3.05, 3.63) is 54.6 Å². The van der Waals surface area contributed by atoms with E-state index in [2.05, 4.69) is 0 Å². The summed E-state index contributed by atoms with van der Waals surface area (Å²) in [7, 11) is 0. The Morgan fingerprint density at radius 2 is 1.89 bits per heavy atom. The molecule has 2 aliphatic rings. The van der Waals surface area contributed by atoms with Crippen LogP contribution in [0.3, 0.4) is 0 Å². The van der Waals surface area contributed by atoms with E-state index in [1.807, 2.05) is 48.6 Å². The van der Waals surface area contributed by atoms with Crippen molar-refractivity contribution < 1.29 is 24.5 Å². The van der Waals surface area contributed by atoms with Gasteiger partial charge < -0.3 is 19.7 Å². The van der Waals surface area contributed by atoms with Crippen molar-refractivity contribution in [2.45, 2.75) is 50.4 Å². The Morgan fingerprint density at radius 1 is 1.07 bits per heavy atom. The van der Waals surface area contributed by atoms with Gasteiger partial charge in [0, 0.05) is 18.8 Å². The first-order valence-corrected chi connectivity index (χ1v) is 9.70. The molecular formula is C22H28O5. The van der Waals surface area contributed by atoms with E-state index < -0.39 is 18.3 Å². The average molecular weight is 372 g/mol. The normalized spacial score (nSPS) is 34.3. The van der Waals surface area contributed by atoms with Crippen molar-refractivity contribution in [3.63, 3.8) is 0 Å². The van der Waals surface area contributed by atoms with Crippen LogP contribution in [0.2, 0.25) is 0 Å². The van der Waals surface area contributed by atoms with Crippen LogP contribution >= 0.6 is 0 Å². The van der Waals surface area contributed by atoms with Crippen molar-refractivity contribution >= 4 is 5.97 Å². The lowest BCUT2D eigenvalue weighted by Gasteiger charge is -2.20. The average Bonchev–Trinajstić information content (AvgIpc) is 2.94. The molecule has 1 aliphatic heterocycles. The van der Waals surface area contributed by atoms with E-state index in [-0.39, 0.29) is 24.4 Å². The maximum Gasteiger partial charge on any atom is 0.306 e. The smallest absolute Gasteiger partial charge is 0.306 e. The Bertz CT molecular complexity index is 654. The minimum Gasteiger partial charge on any atom is -0.489 e. The lowest BCUT2D eigenvalue weighted by molar-refractivity contribution is -0.148. The van der Waals surface area contributed by atoms with Gasteiger partial charge in [0.1, 0.15) is 12.4 Å². The van der Waals surface area contributed by atoms with E-state index in [9.17, 15) is 15.0 Å². The Morgan fingerprint density at radius 3 is 2.70 bits per heavy atom. The number of cyclic esters (lactones) is 1. The maximum atomic E-state index is 12.1. The fraction of sp³-hybridized carbons (Fsp3) is 0.500. The molecule has 2 N–H and O–H groups in total. The van der Waals surface area contributed by atoms with Crippen LogP contribution in [-0.4, -0.2) is 41.1 Å².